The maximum absolute atomic E-state index is 12.0. The van der Waals surface area contributed by atoms with Gasteiger partial charge in [0.05, 0.1) is 0 Å². The van der Waals surface area contributed by atoms with Gasteiger partial charge < -0.3 is 15.8 Å². The molecular formula is C13H10F3N3O2. The fourth-order valence-electron chi connectivity index (χ4n) is 1.51. The number of halogens is 3. The van der Waals surface area contributed by atoms with Crippen LogP contribution in [0.4, 0.5) is 24.7 Å². The summed E-state index contributed by atoms with van der Waals surface area (Å²) < 4.78 is 39.7. The van der Waals surface area contributed by atoms with Gasteiger partial charge in [-0.2, -0.15) is 0 Å². The van der Waals surface area contributed by atoms with E-state index in [0.717, 1.165) is 12.1 Å². The minimum absolute atomic E-state index is 0.102. The molecule has 0 saturated carbocycles. The first kappa shape index (κ1) is 14.6. The Hall–Kier alpha value is -2.77. The number of nitrogens with one attached hydrogen (secondary N) is 1. The van der Waals surface area contributed by atoms with Gasteiger partial charge in [0.15, 0.2) is 0 Å². The van der Waals surface area contributed by atoms with Gasteiger partial charge in [0.25, 0.3) is 5.91 Å². The number of hydrogen-bond donors (Lipinski definition) is 2. The van der Waals surface area contributed by atoms with Crippen molar-refractivity contribution in [3.63, 3.8) is 0 Å². The second-order valence-corrected chi connectivity index (χ2v) is 3.97. The van der Waals surface area contributed by atoms with Gasteiger partial charge in [0, 0.05) is 5.69 Å². The molecular weight excluding hydrogens is 287 g/mol. The molecule has 1 amide bonds. The van der Waals surface area contributed by atoms with Crippen molar-refractivity contribution in [1.29, 1.82) is 0 Å². The molecule has 0 unspecified atom stereocenters. The van der Waals surface area contributed by atoms with Gasteiger partial charge in [-0.3, -0.25) is 4.79 Å². The molecule has 1 aromatic carbocycles. The van der Waals surface area contributed by atoms with Crippen LogP contribution in [0.5, 0.6) is 5.75 Å². The van der Waals surface area contributed by atoms with Crippen LogP contribution in [0.3, 0.4) is 0 Å². The van der Waals surface area contributed by atoms with E-state index in [1.165, 1.54) is 24.3 Å². The summed E-state index contributed by atoms with van der Waals surface area (Å²) in [5.41, 5.74) is 5.86. The average Bonchev–Trinajstić information content (AvgIpc) is 2.39. The highest BCUT2D eigenvalue weighted by Crippen LogP contribution is 2.24. The molecule has 0 aliphatic carbocycles. The van der Waals surface area contributed by atoms with E-state index in [1.807, 2.05) is 0 Å². The van der Waals surface area contributed by atoms with Crippen LogP contribution in [-0.2, 0) is 0 Å². The van der Waals surface area contributed by atoms with Crippen molar-refractivity contribution in [3.8, 4) is 5.75 Å². The molecule has 0 spiro atoms. The molecule has 8 heteroatoms. The first-order valence-corrected chi connectivity index (χ1v) is 5.73. The van der Waals surface area contributed by atoms with Crippen molar-refractivity contribution >= 4 is 17.4 Å². The first-order chi connectivity index (χ1) is 9.83. The number of nitrogens with two attached hydrogens (primary N) is 1. The van der Waals surface area contributed by atoms with E-state index in [-0.39, 0.29) is 17.3 Å². The second kappa shape index (κ2) is 5.70. The van der Waals surface area contributed by atoms with Gasteiger partial charge >= 0.3 is 6.36 Å². The number of amides is 1. The average molecular weight is 297 g/mol. The number of nitrogen functional groups attached to an aromatic ring is 1. The Balaban J connectivity index is 2.05. The Morgan fingerprint density at radius 3 is 2.38 bits per heavy atom. The summed E-state index contributed by atoms with van der Waals surface area (Å²) in [5, 5.41) is 2.48. The van der Waals surface area contributed by atoms with Crippen molar-refractivity contribution in [2.24, 2.45) is 0 Å². The van der Waals surface area contributed by atoms with Crippen molar-refractivity contribution < 1.29 is 22.7 Å². The largest absolute Gasteiger partial charge is 0.573 e. The third-order valence-corrected chi connectivity index (χ3v) is 2.35. The number of carbonyl (C=O) groups is 1. The van der Waals surface area contributed by atoms with E-state index in [1.54, 1.807) is 6.07 Å². The van der Waals surface area contributed by atoms with Crippen LogP contribution in [-0.4, -0.2) is 17.3 Å². The monoisotopic (exact) mass is 297 g/mol. The Morgan fingerprint density at radius 2 is 1.81 bits per heavy atom. The fraction of sp³-hybridized carbons (Fsp3) is 0.0769. The summed E-state index contributed by atoms with van der Waals surface area (Å²) in [6, 6.07) is 9.31. The number of rotatable bonds is 3. The number of carbonyl (C=O) groups excluding carboxylic acids is 1. The minimum Gasteiger partial charge on any atom is -0.406 e. The Labute approximate surface area is 117 Å². The topological polar surface area (TPSA) is 77.2 Å². The molecule has 3 N–H and O–H groups in total. The third-order valence-electron chi connectivity index (χ3n) is 2.35. The summed E-state index contributed by atoms with van der Waals surface area (Å²) in [7, 11) is 0. The van der Waals surface area contributed by atoms with E-state index in [0.29, 0.717) is 5.69 Å². The molecule has 0 aliphatic heterocycles. The highest BCUT2D eigenvalue weighted by atomic mass is 19.4. The first-order valence-electron chi connectivity index (χ1n) is 5.73. The number of benzene rings is 1. The van der Waals surface area contributed by atoms with Crippen molar-refractivity contribution in [3.05, 3.63) is 48.2 Å². The number of ether oxygens (including phenoxy) is 1. The van der Waals surface area contributed by atoms with E-state index >= 15 is 0 Å². The predicted molar refractivity (Wildman–Crippen MR) is 69.7 cm³/mol. The highest BCUT2D eigenvalue weighted by molar-refractivity contribution is 6.03. The zero-order valence-corrected chi connectivity index (χ0v) is 10.5. The lowest BCUT2D eigenvalue weighted by Crippen LogP contribution is -2.17. The fourth-order valence-corrected chi connectivity index (χ4v) is 1.51. The summed E-state index contributed by atoms with van der Waals surface area (Å²) in [5.74, 6) is -0.703. The lowest BCUT2D eigenvalue weighted by atomic mass is 10.2. The van der Waals surface area contributed by atoms with E-state index in [2.05, 4.69) is 15.0 Å². The van der Waals surface area contributed by atoms with E-state index < -0.39 is 12.3 Å². The summed E-state index contributed by atoms with van der Waals surface area (Å²) in [6.07, 6.45) is -4.75. The van der Waals surface area contributed by atoms with Gasteiger partial charge in [0.1, 0.15) is 17.3 Å². The van der Waals surface area contributed by atoms with Gasteiger partial charge in [-0.25, -0.2) is 4.98 Å². The van der Waals surface area contributed by atoms with E-state index in [9.17, 15) is 18.0 Å². The van der Waals surface area contributed by atoms with Crippen LogP contribution in [0.2, 0.25) is 0 Å². The minimum atomic E-state index is -4.75. The Morgan fingerprint density at radius 1 is 1.14 bits per heavy atom. The number of pyridine rings is 1. The Bertz CT molecular complexity index is 642. The van der Waals surface area contributed by atoms with Gasteiger partial charge in [0.2, 0.25) is 0 Å². The van der Waals surface area contributed by atoms with Crippen LogP contribution in [0.15, 0.2) is 42.5 Å². The molecule has 5 nitrogen and oxygen atoms in total. The van der Waals surface area contributed by atoms with Crippen molar-refractivity contribution in [1.82, 2.24) is 4.98 Å². The van der Waals surface area contributed by atoms with Crippen LogP contribution >= 0.6 is 0 Å². The maximum atomic E-state index is 12.0. The van der Waals surface area contributed by atoms with Crippen molar-refractivity contribution in [2.45, 2.75) is 6.36 Å². The molecule has 0 atom stereocenters. The number of alkyl halides is 3. The van der Waals surface area contributed by atoms with Gasteiger partial charge in [-0.1, -0.05) is 6.07 Å². The molecule has 0 saturated heterocycles. The Kier molecular flexibility index (Phi) is 3.97. The molecule has 110 valence electrons. The lowest BCUT2D eigenvalue weighted by molar-refractivity contribution is -0.274. The molecule has 0 aliphatic rings. The van der Waals surface area contributed by atoms with Gasteiger partial charge in [-0.15, -0.1) is 13.2 Å². The summed E-state index contributed by atoms with van der Waals surface area (Å²) in [6.45, 7) is 0. The van der Waals surface area contributed by atoms with Crippen LogP contribution in [0, 0.1) is 0 Å². The zero-order chi connectivity index (χ0) is 15.5. The van der Waals surface area contributed by atoms with Gasteiger partial charge in [-0.05, 0) is 36.4 Å². The summed E-state index contributed by atoms with van der Waals surface area (Å²) >= 11 is 0. The highest BCUT2D eigenvalue weighted by Gasteiger charge is 2.30. The molecule has 1 heterocycles. The van der Waals surface area contributed by atoms with Crippen LogP contribution in [0.1, 0.15) is 10.5 Å². The molecule has 0 radical (unpaired) electrons. The molecule has 2 aromatic rings. The number of nitrogens with zero attached hydrogens (tertiary/aromatic N) is 1. The SMILES string of the molecule is Nc1cccc(C(=O)Nc2ccc(OC(F)(F)F)cc2)n1. The number of aromatic nitrogens is 1. The van der Waals surface area contributed by atoms with Crippen LogP contribution < -0.4 is 15.8 Å². The third kappa shape index (κ3) is 4.37. The van der Waals surface area contributed by atoms with Crippen molar-refractivity contribution in [2.75, 3.05) is 11.1 Å². The molecule has 0 bridgehead atoms. The normalized spacial score (nSPS) is 11.0. The number of anilines is 2. The quantitative estimate of drug-likeness (QED) is 0.913. The van der Waals surface area contributed by atoms with Crippen LogP contribution in [0.25, 0.3) is 0 Å². The smallest absolute Gasteiger partial charge is 0.406 e. The maximum Gasteiger partial charge on any atom is 0.573 e. The van der Waals surface area contributed by atoms with E-state index in [4.69, 9.17) is 5.73 Å². The molecule has 0 fully saturated rings. The molecule has 2 rings (SSSR count). The predicted octanol–water partition coefficient (Wildman–Crippen LogP) is 2.81. The summed E-state index contributed by atoms with van der Waals surface area (Å²) in [4.78, 5) is 15.7. The second-order valence-electron chi connectivity index (χ2n) is 3.97. The standard InChI is InChI=1S/C13H10F3N3O2/c14-13(15,16)21-9-6-4-8(5-7-9)18-12(20)10-2-1-3-11(17)19-10/h1-7H,(H2,17,19)(H,18,20). The molecule has 21 heavy (non-hydrogen) atoms. The zero-order valence-electron chi connectivity index (χ0n) is 10.5. The molecule has 1 aromatic heterocycles. The number of hydrogen-bond acceptors (Lipinski definition) is 4. The lowest BCUT2D eigenvalue weighted by Gasteiger charge is -2.09.